The van der Waals surface area contributed by atoms with E-state index < -0.39 is 5.60 Å². The number of amides is 1. The molecule has 4 heteroatoms. The molecule has 0 aliphatic heterocycles. The molecular formula is C19H27NO3. The monoisotopic (exact) mass is 317 g/mol. The fraction of sp³-hybridized carbons (Fsp3) is 0.579. The zero-order valence-corrected chi connectivity index (χ0v) is 14.6. The molecule has 1 aliphatic rings. The van der Waals surface area contributed by atoms with E-state index in [1.807, 2.05) is 32.9 Å². The molecule has 23 heavy (non-hydrogen) atoms. The van der Waals surface area contributed by atoms with E-state index in [-0.39, 0.29) is 17.9 Å². The van der Waals surface area contributed by atoms with Crippen LogP contribution in [0.5, 0.6) is 0 Å². The second kappa shape index (κ2) is 7.16. The number of anilines is 1. The smallest absolute Gasteiger partial charge is 0.415 e. The number of ether oxygens (including phenoxy) is 1. The van der Waals surface area contributed by atoms with Crippen molar-refractivity contribution in [3.05, 3.63) is 29.8 Å². The van der Waals surface area contributed by atoms with Gasteiger partial charge in [0.05, 0.1) is 0 Å². The molecule has 0 atom stereocenters. The largest absolute Gasteiger partial charge is 0.443 e. The standard InChI is InChI=1S/C19H27NO3/c1-14(21)15-10-12-17(13-11-15)20(16-8-6-5-7-9-16)18(22)23-19(2,3)4/h10-13,16H,5-9H2,1-4H3. The van der Waals surface area contributed by atoms with Crippen molar-refractivity contribution in [2.24, 2.45) is 0 Å². The van der Waals surface area contributed by atoms with Gasteiger partial charge in [0.15, 0.2) is 5.78 Å². The van der Waals surface area contributed by atoms with Gasteiger partial charge in [0.2, 0.25) is 0 Å². The Balaban J connectivity index is 2.28. The van der Waals surface area contributed by atoms with E-state index in [4.69, 9.17) is 4.74 Å². The maximum atomic E-state index is 12.7. The summed E-state index contributed by atoms with van der Waals surface area (Å²) in [5, 5.41) is 0. The van der Waals surface area contributed by atoms with Crippen LogP contribution < -0.4 is 4.90 Å². The Labute approximate surface area is 138 Å². The molecule has 1 aromatic carbocycles. The molecule has 1 aliphatic carbocycles. The number of carbonyl (C=O) groups is 2. The Morgan fingerprint density at radius 1 is 1.04 bits per heavy atom. The zero-order valence-electron chi connectivity index (χ0n) is 14.6. The SMILES string of the molecule is CC(=O)c1ccc(N(C(=O)OC(C)(C)C)C2CCCCC2)cc1. The molecular weight excluding hydrogens is 290 g/mol. The van der Waals surface area contributed by atoms with Crippen molar-refractivity contribution in [3.63, 3.8) is 0 Å². The highest BCUT2D eigenvalue weighted by atomic mass is 16.6. The number of hydrogen-bond donors (Lipinski definition) is 0. The van der Waals surface area contributed by atoms with Crippen LogP contribution in [-0.2, 0) is 4.74 Å². The lowest BCUT2D eigenvalue weighted by atomic mass is 9.94. The molecule has 1 amide bonds. The maximum Gasteiger partial charge on any atom is 0.415 e. The topological polar surface area (TPSA) is 46.6 Å². The number of benzene rings is 1. The Morgan fingerprint density at radius 2 is 1.61 bits per heavy atom. The van der Waals surface area contributed by atoms with Gasteiger partial charge in [0, 0.05) is 17.3 Å². The van der Waals surface area contributed by atoms with Gasteiger partial charge in [-0.25, -0.2) is 4.79 Å². The van der Waals surface area contributed by atoms with Crippen LogP contribution in [0.2, 0.25) is 0 Å². The predicted octanol–water partition coefficient (Wildman–Crippen LogP) is 4.96. The third-order valence-electron chi connectivity index (χ3n) is 4.08. The molecule has 0 radical (unpaired) electrons. The fourth-order valence-corrected chi connectivity index (χ4v) is 2.97. The summed E-state index contributed by atoms with van der Waals surface area (Å²) in [5.41, 5.74) is 0.932. The third-order valence-corrected chi connectivity index (χ3v) is 4.08. The van der Waals surface area contributed by atoms with Crippen LogP contribution in [-0.4, -0.2) is 23.5 Å². The summed E-state index contributed by atoms with van der Waals surface area (Å²) < 4.78 is 5.61. The van der Waals surface area contributed by atoms with Gasteiger partial charge in [0.1, 0.15) is 5.60 Å². The van der Waals surface area contributed by atoms with Crippen molar-refractivity contribution in [1.82, 2.24) is 0 Å². The molecule has 0 spiro atoms. The number of ketones is 1. The summed E-state index contributed by atoms with van der Waals surface area (Å²) >= 11 is 0. The number of carbonyl (C=O) groups excluding carboxylic acids is 2. The van der Waals surface area contributed by atoms with Crippen LogP contribution in [0.3, 0.4) is 0 Å². The number of hydrogen-bond acceptors (Lipinski definition) is 3. The van der Waals surface area contributed by atoms with E-state index in [2.05, 4.69) is 0 Å². The van der Waals surface area contributed by atoms with Crippen molar-refractivity contribution in [3.8, 4) is 0 Å². The summed E-state index contributed by atoms with van der Waals surface area (Å²) in [6.07, 6.45) is 5.17. The van der Waals surface area contributed by atoms with E-state index >= 15 is 0 Å². The lowest BCUT2D eigenvalue weighted by Gasteiger charge is -2.35. The highest BCUT2D eigenvalue weighted by Crippen LogP contribution is 2.29. The van der Waals surface area contributed by atoms with E-state index in [1.165, 1.54) is 6.42 Å². The van der Waals surface area contributed by atoms with Gasteiger partial charge >= 0.3 is 6.09 Å². The minimum absolute atomic E-state index is 0.0260. The fourth-order valence-electron chi connectivity index (χ4n) is 2.97. The number of rotatable bonds is 3. The van der Waals surface area contributed by atoms with E-state index in [1.54, 1.807) is 24.0 Å². The summed E-state index contributed by atoms with van der Waals surface area (Å²) in [5.74, 6) is 0.0260. The van der Waals surface area contributed by atoms with Gasteiger partial charge in [-0.2, -0.15) is 0 Å². The normalized spacial score (nSPS) is 16.0. The summed E-state index contributed by atoms with van der Waals surface area (Å²) in [6, 6.07) is 7.40. The average Bonchev–Trinajstić information content (AvgIpc) is 2.47. The van der Waals surface area contributed by atoms with E-state index in [0.29, 0.717) is 5.56 Å². The van der Waals surface area contributed by atoms with Crippen LogP contribution in [0, 0.1) is 0 Å². The van der Waals surface area contributed by atoms with Crippen LogP contribution in [0.25, 0.3) is 0 Å². The Morgan fingerprint density at radius 3 is 2.09 bits per heavy atom. The molecule has 4 nitrogen and oxygen atoms in total. The van der Waals surface area contributed by atoms with Gasteiger partial charge in [-0.15, -0.1) is 0 Å². The quantitative estimate of drug-likeness (QED) is 0.740. The average molecular weight is 317 g/mol. The maximum absolute atomic E-state index is 12.7. The van der Waals surface area contributed by atoms with E-state index in [9.17, 15) is 9.59 Å². The minimum atomic E-state index is -0.524. The highest BCUT2D eigenvalue weighted by Gasteiger charge is 2.30. The second-order valence-electron chi connectivity index (χ2n) is 7.25. The second-order valence-corrected chi connectivity index (χ2v) is 7.25. The zero-order chi connectivity index (χ0) is 17.0. The summed E-state index contributed by atoms with van der Waals surface area (Å²) in [7, 11) is 0. The Hall–Kier alpha value is -1.84. The third kappa shape index (κ3) is 4.81. The Kier molecular flexibility index (Phi) is 5.45. The first-order valence-corrected chi connectivity index (χ1v) is 8.41. The number of Topliss-reactive ketones (excluding diaryl/α,β-unsaturated/α-hetero) is 1. The predicted molar refractivity (Wildman–Crippen MR) is 92.0 cm³/mol. The minimum Gasteiger partial charge on any atom is -0.443 e. The molecule has 2 rings (SSSR count). The first-order valence-electron chi connectivity index (χ1n) is 8.41. The van der Waals surface area contributed by atoms with Crippen molar-refractivity contribution < 1.29 is 14.3 Å². The molecule has 1 saturated carbocycles. The van der Waals surface area contributed by atoms with Gasteiger partial charge < -0.3 is 4.74 Å². The van der Waals surface area contributed by atoms with Crippen LogP contribution in [0.15, 0.2) is 24.3 Å². The van der Waals surface area contributed by atoms with Gasteiger partial charge in [-0.3, -0.25) is 9.69 Å². The summed E-state index contributed by atoms with van der Waals surface area (Å²) in [6.45, 7) is 7.18. The van der Waals surface area contributed by atoms with Crippen LogP contribution >= 0.6 is 0 Å². The van der Waals surface area contributed by atoms with Gasteiger partial charge in [-0.1, -0.05) is 19.3 Å². The first-order chi connectivity index (χ1) is 10.8. The molecule has 1 aromatic rings. The van der Waals surface area contributed by atoms with Crippen LogP contribution in [0.4, 0.5) is 10.5 Å². The molecule has 0 bridgehead atoms. The van der Waals surface area contributed by atoms with E-state index in [0.717, 1.165) is 31.4 Å². The van der Waals surface area contributed by atoms with Crippen LogP contribution in [0.1, 0.15) is 70.2 Å². The van der Waals surface area contributed by atoms with Gasteiger partial charge in [-0.05, 0) is 64.8 Å². The van der Waals surface area contributed by atoms with Crippen molar-refractivity contribution in [2.45, 2.75) is 71.4 Å². The molecule has 1 fully saturated rings. The lowest BCUT2D eigenvalue weighted by molar-refractivity contribution is 0.0558. The molecule has 0 aromatic heterocycles. The van der Waals surface area contributed by atoms with Crippen molar-refractivity contribution in [1.29, 1.82) is 0 Å². The first kappa shape index (κ1) is 17.5. The molecule has 0 heterocycles. The molecule has 0 N–H and O–H groups in total. The number of nitrogens with zero attached hydrogens (tertiary/aromatic N) is 1. The van der Waals surface area contributed by atoms with Crippen molar-refractivity contribution in [2.75, 3.05) is 4.90 Å². The molecule has 126 valence electrons. The van der Waals surface area contributed by atoms with Gasteiger partial charge in [0.25, 0.3) is 0 Å². The summed E-state index contributed by atoms with van der Waals surface area (Å²) in [4.78, 5) is 25.9. The Bertz CT molecular complexity index is 551. The lowest BCUT2D eigenvalue weighted by Crippen LogP contribution is -2.44. The molecule has 0 unspecified atom stereocenters. The highest BCUT2D eigenvalue weighted by molar-refractivity contribution is 5.95. The molecule has 0 saturated heterocycles. The van der Waals surface area contributed by atoms with Crippen molar-refractivity contribution >= 4 is 17.6 Å².